The molecule has 2 aromatic rings. The van der Waals surface area contributed by atoms with Gasteiger partial charge in [-0.1, -0.05) is 5.21 Å². The van der Waals surface area contributed by atoms with Crippen molar-refractivity contribution in [3.05, 3.63) is 23.8 Å². The zero-order chi connectivity index (χ0) is 13.1. The molecule has 0 N–H and O–H groups in total. The average Bonchev–Trinajstić information content (AvgIpc) is 2.80. The number of fused-ring (bicyclic) bond motifs is 1. The number of rotatable bonds is 3. The van der Waals surface area contributed by atoms with Crippen LogP contribution in [-0.4, -0.2) is 27.1 Å². The summed E-state index contributed by atoms with van der Waals surface area (Å²) in [6.07, 6.45) is -0.764. The van der Waals surface area contributed by atoms with Gasteiger partial charge in [-0.2, -0.15) is 5.26 Å². The standard InChI is InChI=1S/C12H12N4O2/c1-3-16-11-5-4-9(6-10(11)14-15-16)12(17)18-8(2)7-13/h4-6,8H,3H2,1-2H3/t8-/m1/s1. The Morgan fingerprint density at radius 3 is 3.06 bits per heavy atom. The molecule has 1 aromatic heterocycles. The Morgan fingerprint density at radius 1 is 1.61 bits per heavy atom. The highest BCUT2D eigenvalue weighted by Crippen LogP contribution is 2.14. The monoisotopic (exact) mass is 244 g/mol. The summed E-state index contributed by atoms with van der Waals surface area (Å²) in [5.41, 5.74) is 1.87. The molecule has 0 amide bonds. The molecule has 0 bridgehead atoms. The first kappa shape index (κ1) is 12.0. The summed E-state index contributed by atoms with van der Waals surface area (Å²) >= 11 is 0. The van der Waals surface area contributed by atoms with E-state index in [1.165, 1.54) is 6.92 Å². The molecule has 0 spiro atoms. The maximum Gasteiger partial charge on any atom is 0.339 e. The lowest BCUT2D eigenvalue weighted by Gasteiger charge is -2.05. The van der Waals surface area contributed by atoms with Gasteiger partial charge in [0.2, 0.25) is 0 Å². The minimum absolute atomic E-state index is 0.368. The Balaban J connectivity index is 2.31. The molecule has 0 unspecified atom stereocenters. The molecule has 92 valence electrons. The number of esters is 1. The van der Waals surface area contributed by atoms with Gasteiger partial charge >= 0.3 is 5.97 Å². The van der Waals surface area contributed by atoms with Crippen molar-refractivity contribution in [2.24, 2.45) is 0 Å². The number of carbonyl (C=O) groups is 1. The number of ether oxygens (including phenoxy) is 1. The highest BCUT2D eigenvalue weighted by Gasteiger charge is 2.13. The molecule has 1 heterocycles. The second-order valence-electron chi connectivity index (χ2n) is 3.79. The molecule has 2 rings (SSSR count). The third-order valence-electron chi connectivity index (χ3n) is 2.51. The van der Waals surface area contributed by atoms with E-state index in [4.69, 9.17) is 10.00 Å². The van der Waals surface area contributed by atoms with Crippen LogP contribution >= 0.6 is 0 Å². The van der Waals surface area contributed by atoms with Crippen molar-refractivity contribution in [1.82, 2.24) is 15.0 Å². The van der Waals surface area contributed by atoms with Gasteiger partial charge in [-0.05, 0) is 32.0 Å². The van der Waals surface area contributed by atoms with Gasteiger partial charge in [-0.15, -0.1) is 5.10 Å². The van der Waals surface area contributed by atoms with E-state index < -0.39 is 12.1 Å². The fourth-order valence-electron chi connectivity index (χ4n) is 1.59. The summed E-state index contributed by atoms with van der Waals surface area (Å²) in [4.78, 5) is 11.7. The Bertz CT molecular complexity index is 627. The Kier molecular flexibility index (Phi) is 3.24. The molecule has 0 aliphatic carbocycles. The van der Waals surface area contributed by atoms with Crippen molar-refractivity contribution in [3.63, 3.8) is 0 Å². The predicted molar refractivity (Wildman–Crippen MR) is 63.7 cm³/mol. The molecule has 6 nitrogen and oxygen atoms in total. The molecule has 6 heteroatoms. The molecule has 0 radical (unpaired) electrons. The van der Waals surface area contributed by atoms with E-state index in [-0.39, 0.29) is 0 Å². The lowest BCUT2D eigenvalue weighted by molar-refractivity contribution is 0.0435. The van der Waals surface area contributed by atoms with Crippen LogP contribution in [0.15, 0.2) is 18.2 Å². The molecule has 18 heavy (non-hydrogen) atoms. The topological polar surface area (TPSA) is 80.8 Å². The van der Waals surface area contributed by atoms with Gasteiger partial charge in [0.05, 0.1) is 11.1 Å². The van der Waals surface area contributed by atoms with Crippen molar-refractivity contribution < 1.29 is 9.53 Å². The molecule has 0 fully saturated rings. The van der Waals surface area contributed by atoms with E-state index in [9.17, 15) is 4.79 Å². The molecule has 0 saturated heterocycles. The van der Waals surface area contributed by atoms with E-state index >= 15 is 0 Å². The maximum atomic E-state index is 11.7. The highest BCUT2D eigenvalue weighted by molar-refractivity contribution is 5.93. The minimum Gasteiger partial charge on any atom is -0.444 e. The van der Waals surface area contributed by atoms with Crippen molar-refractivity contribution >= 4 is 17.0 Å². The third-order valence-corrected chi connectivity index (χ3v) is 2.51. The Hall–Kier alpha value is -2.42. The number of nitriles is 1. The van der Waals surface area contributed by atoms with Crippen molar-refractivity contribution in [2.75, 3.05) is 0 Å². The van der Waals surface area contributed by atoms with Gasteiger partial charge in [0.25, 0.3) is 0 Å². The van der Waals surface area contributed by atoms with Crippen LogP contribution in [-0.2, 0) is 11.3 Å². The van der Waals surface area contributed by atoms with Gasteiger partial charge in [-0.3, -0.25) is 0 Å². The highest BCUT2D eigenvalue weighted by atomic mass is 16.5. The smallest absolute Gasteiger partial charge is 0.339 e. The van der Waals surface area contributed by atoms with Crippen LogP contribution in [0.2, 0.25) is 0 Å². The number of hydrogen-bond donors (Lipinski definition) is 0. The zero-order valence-electron chi connectivity index (χ0n) is 10.1. The number of hydrogen-bond acceptors (Lipinski definition) is 5. The zero-order valence-corrected chi connectivity index (χ0v) is 10.1. The normalized spacial score (nSPS) is 12.1. The summed E-state index contributed by atoms with van der Waals surface area (Å²) in [5.74, 6) is -0.531. The molecule has 0 saturated carbocycles. The lowest BCUT2D eigenvalue weighted by Crippen LogP contribution is -2.12. The van der Waals surface area contributed by atoms with E-state index in [1.54, 1.807) is 22.9 Å². The van der Waals surface area contributed by atoms with Crippen molar-refractivity contribution in [3.8, 4) is 6.07 Å². The second-order valence-corrected chi connectivity index (χ2v) is 3.79. The molecule has 1 aromatic carbocycles. The summed E-state index contributed by atoms with van der Waals surface area (Å²) < 4.78 is 6.65. The van der Waals surface area contributed by atoms with E-state index in [2.05, 4.69) is 10.3 Å². The Morgan fingerprint density at radius 2 is 2.39 bits per heavy atom. The maximum absolute atomic E-state index is 11.7. The van der Waals surface area contributed by atoms with E-state index in [1.807, 2.05) is 13.0 Å². The second kappa shape index (κ2) is 4.84. The van der Waals surface area contributed by atoms with Crippen LogP contribution in [0.3, 0.4) is 0 Å². The summed E-state index contributed by atoms with van der Waals surface area (Å²) in [6, 6.07) is 6.87. The fraction of sp³-hybridized carbons (Fsp3) is 0.333. The Labute approximate surface area is 104 Å². The number of carbonyl (C=O) groups excluding carboxylic acids is 1. The van der Waals surface area contributed by atoms with Crippen LogP contribution in [0.5, 0.6) is 0 Å². The quantitative estimate of drug-likeness (QED) is 0.764. The largest absolute Gasteiger partial charge is 0.444 e. The van der Waals surface area contributed by atoms with Gasteiger partial charge < -0.3 is 4.74 Å². The lowest BCUT2D eigenvalue weighted by atomic mass is 10.2. The molecule has 1 atom stereocenters. The first-order valence-electron chi connectivity index (χ1n) is 5.59. The minimum atomic E-state index is -0.764. The first-order chi connectivity index (χ1) is 8.65. The summed E-state index contributed by atoms with van der Waals surface area (Å²) in [6.45, 7) is 4.19. The van der Waals surface area contributed by atoms with E-state index in [0.717, 1.165) is 5.52 Å². The van der Waals surface area contributed by atoms with Crippen molar-refractivity contribution in [2.45, 2.75) is 26.5 Å². The number of aryl methyl sites for hydroxylation is 1. The van der Waals surface area contributed by atoms with Crippen LogP contribution < -0.4 is 0 Å². The van der Waals surface area contributed by atoms with Gasteiger partial charge in [0.1, 0.15) is 11.6 Å². The number of benzene rings is 1. The summed E-state index contributed by atoms with van der Waals surface area (Å²) in [5, 5.41) is 16.5. The SMILES string of the molecule is CCn1nnc2cc(C(=O)O[C@H](C)C#N)ccc21. The van der Waals surface area contributed by atoms with Gasteiger partial charge in [-0.25, -0.2) is 9.48 Å². The molecular weight excluding hydrogens is 232 g/mol. The van der Waals surface area contributed by atoms with Crippen molar-refractivity contribution in [1.29, 1.82) is 5.26 Å². The predicted octanol–water partition coefficient (Wildman–Crippen LogP) is 1.52. The molecular formula is C12H12N4O2. The third kappa shape index (κ3) is 2.15. The fourth-order valence-corrected chi connectivity index (χ4v) is 1.59. The van der Waals surface area contributed by atoms with Crippen LogP contribution in [0.25, 0.3) is 11.0 Å². The van der Waals surface area contributed by atoms with Crippen LogP contribution in [0.4, 0.5) is 0 Å². The van der Waals surface area contributed by atoms with Gasteiger partial charge in [0.15, 0.2) is 6.10 Å². The molecule has 0 aliphatic heterocycles. The van der Waals surface area contributed by atoms with E-state index in [0.29, 0.717) is 17.6 Å². The average molecular weight is 244 g/mol. The van der Waals surface area contributed by atoms with Gasteiger partial charge in [0, 0.05) is 6.54 Å². The molecule has 0 aliphatic rings. The number of nitrogens with zero attached hydrogens (tertiary/aromatic N) is 4. The number of aromatic nitrogens is 3. The first-order valence-corrected chi connectivity index (χ1v) is 5.59. The van der Waals surface area contributed by atoms with Crippen LogP contribution in [0, 0.1) is 11.3 Å². The van der Waals surface area contributed by atoms with Crippen LogP contribution in [0.1, 0.15) is 24.2 Å². The summed E-state index contributed by atoms with van der Waals surface area (Å²) in [7, 11) is 0.